The zero-order valence-electron chi connectivity index (χ0n) is 10.0. The van der Waals surface area contributed by atoms with Crippen LogP contribution in [0.5, 0.6) is 0 Å². The van der Waals surface area contributed by atoms with Gasteiger partial charge in [0, 0.05) is 31.7 Å². The van der Waals surface area contributed by atoms with Crippen LogP contribution in [0.1, 0.15) is 32.6 Å². The van der Waals surface area contributed by atoms with E-state index in [0.717, 1.165) is 26.1 Å². The Balaban J connectivity index is 1.92. The van der Waals surface area contributed by atoms with Crippen molar-refractivity contribution < 1.29 is 5.11 Å². The summed E-state index contributed by atoms with van der Waals surface area (Å²) in [5.74, 6) is 0. The molecule has 2 fully saturated rings. The summed E-state index contributed by atoms with van der Waals surface area (Å²) in [6.07, 6.45) is 4.63. The van der Waals surface area contributed by atoms with Crippen LogP contribution < -0.4 is 0 Å². The maximum atomic E-state index is 10.0. The molecule has 0 aromatic heterocycles. The molecule has 0 amide bonds. The zero-order chi connectivity index (χ0) is 10.8. The van der Waals surface area contributed by atoms with Gasteiger partial charge in [-0.2, -0.15) is 0 Å². The molecule has 0 radical (unpaired) electrons. The van der Waals surface area contributed by atoms with Crippen LogP contribution in [0.3, 0.4) is 0 Å². The number of likely N-dealkylation sites (N-methyl/N-ethyl adjacent to an activating group) is 1. The van der Waals surface area contributed by atoms with E-state index < -0.39 is 0 Å². The fourth-order valence-electron chi connectivity index (χ4n) is 2.90. The van der Waals surface area contributed by atoms with Gasteiger partial charge >= 0.3 is 0 Å². The summed E-state index contributed by atoms with van der Waals surface area (Å²) in [4.78, 5) is 4.92. The van der Waals surface area contributed by atoms with Crippen molar-refractivity contribution in [3.8, 4) is 0 Å². The monoisotopic (exact) mass is 212 g/mol. The van der Waals surface area contributed by atoms with Crippen LogP contribution >= 0.6 is 0 Å². The van der Waals surface area contributed by atoms with Gasteiger partial charge in [-0.1, -0.05) is 12.8 Å². The second-order valence-corrected chi connectivity index (χ2v) is 5.24. The number of piperazine rings is 1. The van der Waals surface area contributed by atoms with E-state index in [4.69, 9.17) is 0 Å². The maximum Gasteiger partial charge on any atom is 0.0695 e. The number of rotatable bonds is 1. The van der Waals surface area contributed by atoms with Gasteiger partial charge in [0.25, 0.3) is 0 Å². The Kier molecular flexibility index (Phi) is 3.65. The summed E-state index contributed by atoms with van der Waals surface area (Å²) in [5.41, 5.74) is 0. The van der Waals surface area contributed by atoms with E-state index in [1.807, 2.05) is 0 Å². The molecule has 2 aliphatic rings. The highest BCUT2D eigenvalue weighted by Crippen LogP contribution is 2.24. The molecule has 2 rings (SSSR count). The van der Waals surface area contributed by atoms with Crippen molar-refractivity contribution in [3.05, 3.63) is 0 Å². The first-order chi connectivity index (χ1) is 7.18. The molecule has 1 N–H and O–H groups in total. The van der Waals surface area contributed by atoms with Crippen molar-refractivity contribution in [3.63, 3.8) is 0 Å². The van der Waals surface area contributed by atoms with Crippen LogP contribution in [0.4, 0.5) is 0 Å². The Hall–Kier alpha value is -0.120. The molecule has 0 aromatic rings. The van der Waals surface area contributed by atoms with Gasteiger partial charge in [-0.05, 0) is 26.8 Å². The van der Waals surface area contributed by atoms with Crippen molar-refractivity contribution in [2.24, 2.45) is 0 Å². The SMILES string of the molecule is CC1CN(C2CCCCC2O)CCN1C. The number of nitrogens with zero attached hydrogens (tertiary/aromatic N) is 2. The quantitative estimate of drug-likeness (QED) is 0.700. The molecule has 1 aliphatic carbocycles. The third kappa shape index (κ3) is 2.52. The summed E-state index contributed by atoms with van der Waals surface area (Å²) in [5, 5.41) is 10.0. The molecule has 0 aromatic carbocycles. The van der Waals surface area contributed by atoms with E-state index >= 15 is 0 Å². The third-order valence-corrected chi connectivity index (χ3v) is 4.15. The Morgan fingerprint density at radius 2 is 1.87 bits per heavy atom. The van der Waals surface area contributed by atoms with Gasteiger partial charge in [0.2, 0.25) is 0 Å². The first kappa shape index (κ1) is 11.4. The highest BCUT2D eigenvalue weighted by Gasteiger charge is 2.32. The van der Waals surface area contributed by atoms with Crippen molar-refractivity contribution in [2.45, 2.75) is 50.8 Å². The predicted molar refractivity (Wildman–Crippen MR) is 61.9 cm³/mol. The van der Waals surface area contributed by atoms with E-state index in [9.17, 15) is 5.11 Å². The molecule has 3 unspecified atom stereocenters. The second-order valence-electron chi connectivity index (χ2n) is 5.24. The van der Waals surface area contributed by atoms with Gasteiger partial charge < -0.3 is 10.0 Å². The molecule has 0 spiro atoms. The normalized spacial score (nSPS) is 40.6. The fourth-order valence-corrected chi connectivity index (χ4v) is 2.90. The molecule has 3 atom stereocenters. The third-order valence-electron chi connectivity index (χ3n) is 4.15. The molecule has 1 aliphatic heterocycles. The lowest BCUT2D eigenvalue weighted by molar-refractivity contribution is -0.0132. The van der Waals surface area contributed by atoms with Crippen LogP contribution in [0.15, 0.2) is 0 Å². The highest BCUT2D eigenvalue weighted by atomic mass is 16.3. The van der Waals surface area contributed by atoms with Crippen LogP contribution in [-0.2, 0) is 0 Å². The van der Waals surface area contributed by atoms with Crippen LogP contribution in [0, 0.1) is 0 Å². The van der Waals surface area contributed by atoms with Gasteiger partial charge in [-0.3, -0.25) is 4.90 Å². The lowest BCUT2D eigenvalue weighted by atomic mass is 9.90. The molecular formula is C12H24N2O. The molecule has 0 bridgehead atoms. The lowest BCUT2D eigenvalue weighted by Gasteiger charge is -2.44. The first-order valence-electron chi connectivity index (χ1n) is 6.31. The summed E-state index contributed by atoms with van der Waals surface area (Å²) >= 11 is 0. The van der Waals surface area contributed by atoms with Gasteiger partial charge in [0.05, 0.1) is 6.10 Å². The van der Waals surface area contributed by atoms with E-state index in [2.05, 4.69) is 23.8 Å². The van der Waals surface area contributed by atoms with Crippen molar-refractivity contribution >= 4 is 0 Å². The lowest BCUT2D eigenvalue weighted by Crippen LogP contribution is -2.56. The van der Waals surface area contributed by atoms with Gasteiger partial charge in [0.1, 0.15) is 0 Å². The average Bonchev–Trinajstić information content (AvgIpc) is 2.23. The highest BCUT2D eigenvalue weighted by molar-refractivity contribution is 4.87. The topological polar surface area (TPSA) is 26.7 Å². The maximum absolute atomic E-state index is 10.0. The Morgan fingerprint density at radius 1 is 1.13 bits per heavy atom. The molecule has 15 heavy (non-hydrogen) atoms. The molecule has 1 saturated heterocycles. The Morgan fingerprint density at radius 3 is 2.53 bits per heavy atom. The predicted octanol–water partition coefficient (Wildman–Crippen LogP) is 0.926. The van der Waals surface area contributed by atoms with Gasteiger partial charge in [-0.25, -0.2) is 0 Å². The minimum absolute atomic E-state index is 0.0747. The van der Waals surface area contributed by atoms with Crippen LogP contribution in [0.2, 0.25) is 0 Å². The number of hydrogen-bond acceptors (Lipinski definition) is 3. The largest absolute Gasteiger partial charge is 0.391 e. The van der Waals surface area contributed by atoms with Crippen molar-refractivity contribution in [2.75, 3.05) is 26.7 Å². The minimum Gasteiger partial charge on any atom is -0.391 e. The number of hydrogen-bond donors (Lipinski definition) is 1. The molecule has 88 valence electrons. The summed E-state index contributed by atoms with van der Waals surface area (Å²) in [7, 11) is 2.19. The Bertz CT molecular complexity index is 210. The molecule has 1 saturated carbocycles. The fraction of sp³-hybridized carbons (Fsp3) is 1.00. The van der Waals surface area contributed by atoms with Crippen LogP contribution in [0.25, 0.3) is 0 Å². The summed E-state index contributed by atoms with van der Waals surface area (Å²) < 4.78 is 0. The molecule has 3 nitrogen and oxygen atoms in total. The van der Waals surface area contributed by atoms with Gasteiger partial charge in [0.15, 0.2) is 0 Å². The minimum atomic E-state index is -0.0747. The van der Waals surface area contributed by atoms with E-state index in [0.29, 0.717) is 12.1 Å². The number of aliphatic hydroxyl groups is 1. The van der Waals surface area contributed by atoms with Crippen LogP contribution in [-0.4, -0.2) is 59.8 Å². The average molecular weight is 212 g/mol. The summed E-state index contributed by atoms with van der Waals surface area (Å²) in [6, 6.07) is 1.07. The molecule has 1 heterocycles. The first-order valence-corrected chi connectivity index (χ1v) is 6.31. The smallest absolute Gasteiger partial charge is 0.0695 e. The standard InChI is InChI=1S/C12H24N2O/c1-10-9-14(8-7-13(10)2)11-5-3-4-6-12(11)15/h10-12,15H,3-9H2,1-2H3. The Labute approximate surface area is 93.1 Å². The van der Waals surface area contributed by atoms with Gasteiger partial charge in [-0.15, -0.1) is 0 Å². The zero-order valence-corrected chi connectivity index (χ0v) is 10.0. The van der Waals surface area contributed by atoms with E-state index in [-0.39, 0.29) is 6.10 Å². The number of aliphatic hydroxyl groups excluding tert-OH is 1. The van der Waals surface area contributed by atoms with E-state index in [1.54, 1.807) is 0 Å². The van der Waals surface area contributed by atoms with E-state index in [1.165, 1.54) is 19.3 Å². The molecule has 3 heteroatoms. The van der Waals surface area contributed by atoms with Crippen molar-refractivity contribution in [1.29, 1.82) is 0 Å². The summed E-state index contributed by atoms with van der Waals surface area (Å²) in [6.45, 7) is 5.67. The second kappa shape index (κ2) is 4.81. The van der Waals surface area contributed by atoms with Crippen molar-refractivity contribution in [1.82, 2.24) is 9.80 Å². The molecular weight excluding hydrogens is 188 g/mol.